The van der Waals surface area contributed by atoms with E-state index in [4.69, 9.17) is 0 Å². The number of hydrogen-bond acceptors (Lipinski definition) is 3. The number of nitrogens with zero attached hydrogens (tertiary/aromatic N) is 1. The molecule has 1 aromatic heterocycles. The maximum absolute atomic E-state index is 13.5. The van der Waals surface area contributed by atoms with Gasteiger partial charge in [0.15, 0.2) is 5.82 Å². The number of halogens is 3. The first-order valence-corrected chi connectivity index (χ1v) is 6.83. The molecule has 2 N–H and O–H groups in total. The van der Waals surface area contributed by atoms with Crippen LogP contribution < -0.4 is 10.9 Å². The van der Waals surface area contributed by atoms with Gasteiger partial charge in [-0.2, -0.15) is 4.39 Å². The van der Waals surface area contributed by atoms with Gasteiger partial charge in [-0.25, -0.2) is 13.8 Å². The van der Waals surface area contributed by atoms with Crippen molar-refractivity contribution >= 4 is 5.91 Å². The minimum atomic E-state index is -1.08. The maximum Gasteiger partial charge on any atom is 0.287 e. The second kappa shape index (κ2) is 7.08. The van der Waals surface area contributed by atoms with Gasteiger partial charge in [0.25, 0.3) is 11.5 Å². The summed E-state index contributed by atoms with van der Waals surface area (Å²) in [5, 5.41) is 2.51. The summed E-state index contributed by atoms with van der Waals surface area (Å²) in [6.45, 7) is 1.95. The van der Waals surface area contributed by atoms with Crippen LogP contribution in [-0.2, 0) is 6.42 Å². The van der Waals surface area contributed by atoms with Gasteiger partial charge >= 0.3 is 0 Å². The molecule has 0 spiro atoms. The number of aromatic amines is 1. The van der Waals surface area contributed by atoms with Crippen LogP contribution in [0.15, 0.2) is 29.2 Å². The molecule has 1 amide bonds. The van der Waals surface area contributed by atoms with Crippen molar-refractivity contribution in [2.24, 2.45) is 5.92 Å². The highest BCUT2D eigenvalue weighted by Gasteiger charge is 2.13. The molecule has 0 aliphatic carbocycles. The number of rotatable bonds is 5. The molecule has 0 aliphatic rings. The van der Waals surface area contributed by atoms with Crippen molar-refractivity contribution in [2.45, 2.75) is 13.3 Å². The molecule has 2 rings (SSSR count). The van der Waals surface area contributed by atoms with Crippen LogP contribution in [0.4, 0.5) is 13.2 Å². The lowest BCUT2D eigenvalue weighted by atomic mass is 10.0. The minimum absolute atomic E-state index is 0.147. The first-order chi connectivity index (χ1) is 10.9. The highest BCUT2D eigenvalue weighted by molar-refractivity contribution is 5.90. The molecule has 1 aromatic carbocycles. The van der Waals surface area contributed by atoms with E-state index in [1.165, 1.54) is 6.07 Å². The van der Waals surface area contributed by atoms with Gasteiger partial charge < -0.3 is 5.32 Å². The van der Waals surface area contributed by atoms with Gasteiger partial charge in [0.1, 0.15) is 11.6 Å². The van der Waals surface area contributed by atoms with Gasteiger partial charge in [-0.15, -0.1) is 0 Å². The second-order valence-corrected chi connectivity index (χ2v) is 5.16. The van der Waals surface area contributed by atoms with Gasteiger partial charge in [0.2, 0.25) is 5.82 Å². The molecular formula is C15H14F3N3O2. The van der Waals surface area contributed by atoms with Gasteiger partial charge in [-0.1, -0.05) is 13.0 Å². The zero-order valence-corrected chi connectivity index (χ0v) is 12.2. The Kier molecular flexibility index (Phi) is 5.15. The molecule has 0 radical (unpaired) electrons. The molecule has 0 aliphatic heterocycles. The average molecular weight is 325 g/mol. The first kappa shape index (κ1) is 16.7. The van der Waals surface area contributed by atoms with Crippen molar-refractivity contribution < 1.29 is 18.0 Å². The third kappa shape index (κ3) is 4.41. The van der Waals surface area contributed by atoms with Crippen LogP contribution in [0.2, 0.25) is 0 Å². The number of aromatic nitrogens is 2. The van der Waals surface area contributed by atoms with Crippen molar-refractivity contribution in [3.05, 3.63) is 63.6 Å². The van der Waals surface area contributed by atoms with Gasteiger partial charge in [0, 0.05) is 12.6 Å². The van der Waals surface area contributed by atoms with Crippen LogP contribution in [0.3, 0.4) is 0 Å². The molecule has 0 saturated heterocycles. The van der Waals surface area contributed by atoms with E-state index in [2.05, 4.69) is 10.3 Å². The SMILES string of the molecule is C[C@@H](CNC(=O)c1ncc(F)c(=O)[nH]1)Cc1ccc(F)cc1F. The van der Waals surface area contributed by atoms with Crippen LogP contribution in [0.1, 0.15) is 23.1 Å². The van der Waals surface area contributed by atoms with E-state index in [1.54, 1.807) is 6.92 Å². The molecule has 1 atom stereocenters. The molecule has 2 aromatic rings. The van der Waals surface area contributed by atoms with Crippen molar-refractivity contribution in [2.75, 3.05) is 6.54 Å². The number of benzene rings is 1. The van der Waals surface area contributed by atoms with E-state index in [1.807, 2.05) is 4.98 Å². The third-order valence-corrected chi connectivity index (χ3v) is 3.17. The van der Waals surface area contributed by atoms with E-state index in [-0.39, 0.29) is 18.3 Å². The summed E-state index contributed by atoms with van der Waals surface area (Å²) < 4.78 is 39.2. The van der Waals surface area contributed by atoms with E-state index in [0.717, 1.165) is 12.1 Å². The molecule has 0 fully saturated rings. The van der Waals surface area contributed by atoms with E-state index < -0.39 is 28.9 Å². The monoisotopic (exact) mass is 325 g/mol. The number of hydrogen-bond donors (Lipinski definition) is 2. The second-order valence-electron chi connectivity index (χ2n) is 5.16. The number of nitrogens with one attached hydrogen (secondary N) is 2. The highest BCUT2D eigenvalue weighted by atomic mass is 19.1. The van der Waals surface area contributed by atoms with Crippen LogP contribution in [0, 0.1) is 23.4 Å². The smallest absolute Gasteiger partial charge is 0.287 e. The van der Waals surface area contributed by atoms with Gasteiger partial charge in [0.05, 0.1) is 6.20 Å². The summed E-state index contributed by atoms with van der Waals surface area (Å²) in [7, 11) is 0. The molecule has 122 valence electrons. The fourth-order valence-electron chi connectivity index (χ4n) is 1.98. The van der Waals surface area contributed by atoms with Crippen LogP contribution in [0.5, 0.6) is 0 Å². The zero-order valence-electron chi connectivity index (χ0n) is 12.2. The lowest BCUT2D eigenvalue weighted by Gasteiger charge is -2.13. The van der Waals surface area contributed by atoms with E-state index in [9.17, 15) is 22.8 Å². The number of carbonyl (C=O) groups excluding carboxylic acids is 1. The molecule has 0 saturated carbocycles. The van der Waals surface area contributed by atoms with Crippen molar-refractivity contribution in [1.82, 2.24) is 15.3 Å². The van der Waals surface area contributed by atoms with Crippen molar-refractivity contribution in [1.29, 1.82) is 0 Å². The predicted molar refractivity (Wildman–Crippen MR) is 76.4 cm³/mol. The Hall–Kier alpha value is -2.64. The first-order valence-electron chi connectivity index (χ1n) is 6.83. The van der Waals surface area contributed by atoms with Crippen molar-refractivity contribution in [3.63, 3.8) is 0 Å². The average Bonchev–Trinajstić information content (AvgIpc) is 2.50. The fourth-order valence-corrected chi connectivity index (χ4v) is 1.98. The normalized spacial score (nSPS) is 12.0. The zero-order chi connectivity index (χ0) is 17.0. The van der Waals surface area contributed by atoms with Crippen molar-refractivity contribution in [3.8, 4) is 0 Å². The highest BCUT2D eigenvalue weighted by Crippen LogP contribution is 2.14. The molecule has 5 nitrogen and oxygen atoms in total. The quantitative estimate of drug-likeness (QED) is 0.880. The minimum Gasteiger partial charge on any atom is -0.349 e. The predicted octanol–water partition coefficient (Wildman–Crippen LogP) is 1.80. The topological polar surface area (TPSA) is 74.8 Å². The number of carbonyl (C=O) groups is 1. The third-order valence-electron chi connectivity index (χ3n) is 3.17. The van der Waals surface area contributed by atoms with E-state index >= 15 is 0 Å². The standard InChI is InChI=1S/C15H14F3N3O2/c1-8(4-9-2-3-10(16)5-11(9)17)6-20-15(23)13-19-7-12(18)14(22)21-13/h2-3,5,7-8H,4,6H2,1H3,(H,20,23)(H,19,21,22)/t8-/m1/s1. The Bertz CT molecular complexity index is 777. The Labute approximate surface area is 129 Å². The summed E-state index contributed by atoms with van der Waals surface area (Å²) in [4.78, 5) is 28.3. The molecular weight excluding hydrogens is 311 g/mol. The summed E-state index contributed by atoms with van der Waals surface area (Å²) in [5.41, 5.74) is -0.701. The van der Waals surface area contributed by atoms with Crippen LogP contribution >= 0.6 is 0 Å². The Morgan fingerprint density at radius 1 is 1.30 bits per heavy atom. The Balaban J connectivity index is 1.93. The molecule has 8 heteroatoms. The molecule has 0 unspecified atom stereocenters. The summed E-state index contributed by atoms with van der Waals surface area (Å²) >= 11 is 0. The summed E-state index contributed by atoms with van der Waals surface area (Å²) in [5.74, 6) is -3.51. The lowest BCUT2D eigenvalue weighted by molar-refractivity contribution is 0.0937. The lowest BCUT2D eigenvalue weighted by Crippen LogP contribution is -2.32. The van der Waals surface area contributed by atoms with Gasteiger partial charge in [-0.3, -0.25) is 14.6 Å². The molecule has 0 bridgehead atoms. The van der Waals surface area contributed by atoms with E-state index in [0.29, 0.717) is 18.2 Å². The fraction of sp³-hybridized carbons (Fsp3) is 0.267. The largest absolute Gasteiger partial charge is 0.349 e. The Morgan fingerprint density at radius 2 is 2.04 bits per heavy atom. The molecule has 23 heavy (non-hydrogen) atoms. The van der Waals surface area contributed by atoms with Crippen LogP contribution in [-0.4, -0.2) is 22.4 Å². The van der Waals surface area contributed by atoms with Crippen LogP contribution in [0.25, 0.3) is 0 Å². The number of amides is 1. The van der Waals surface area contributed by atoms with Gasteiger partial charge in [-0.05, 0) is 24.0 Å². The number of H-pyrrole nitrogens is 1. The summed E-state index contributed by atoms with van der Waals surface area (Å²) in [6, 6.07) is 3.31. The summed E-state index contributed by atoms with van der Waals surface area (Å²) in [6.07, 6.45) is 0.949. The molecule has 1 heterocycles. The maximum atomic E-state index is 13.5. The Morgan fingerprint density at radius 3 is 2.70 bits per heavy atom.